The first-order chi connectivity index (χ1) is 10.1. The second kappa shape index (κ2) is 10.6. The molecule has 0 radical (unpaired) electrons. The molecule has 0 aromatic carbocycles. The number of nitrogens with zero attached hydrogens (tertiary/aromatic N) is 1. The minimum Gasteiger partial charge on any atom is -0.312 e. The van der Waals surface area contributed by atoms with Gasteiger partial charge >= 0.3 is 0 Å². The molecule has 0 saturated carbocycles. The van der Waals surface area contributed by atoms with Gasteiger partial charge in [-0.3, -0.25) is 4.90 Å². The van der Waals surface area contributed by atoms with Crippen LogP contribution < -0.4 is 5.32 Å². The highest BCUT2D eigenvalue weighted by atomic mass is 15.2. The fourth-order valence-corrected chi connectivity index (χ4v) is 3.77. The molecule has 0 aromatic heterocycles. The van der Waals surface area contributed by atoms with E-state index in [0.29, 0.717) is 11.6 Å². The Morgan fingerprint density at radius 1 is 0.905 bits per heavy atom. The van der Waals surface area contributed by atoms with Gasteiger partial charge in [0.1, 0.15) is 0 Å². The molecule has 2 nitrogen and oxygen atoms in total. The average molecular weight is 297 g/mol. The summed E-state index contributed by atoms with van der Waals surface area (Å²) in [6, 6.07) is 0.645. The first-order valence-corrected chi connectivity index (χ1v) is 9.61. The molecule has 1 atom stereocenters. The first kappa shape index (κ1) is 19.0. The molecule has 0 aromatic rings. The van der Waals surface area contributed by atoms with Gasteiger partial charge in [-0.05, 0) is 52.7 Å². The zero-order valence-electron chi connectivity index (χ0n) is 15.2. The minimum atomic E-state index is 0.305. The third-order valence-electron chi connectivity index (χ3n) is 5.32. The number of likely N-dealkylation sites (N-methyl/N-ethyl adjacent to an activating group) is 1. The van der Waals surface area contributed by atoms with E-state index in [1.54, 1.807) is 0 Å². The second-order valence-corrected chi connectivity index (χ2v) is 7.37. The van der Waals surface area contributed by atoms with E-state index >= 15 is 0 Å². The smallest absolute Gasteiger partial charge is 0.0306 e. The number of rotatable bonds is 11. The lowest BCUT2D eigenvalue weighted by atomic mass is 9.86. The van der Waals surface area contributed by atoms with Crippen molar-refractivity contribution in [2.75, 3.05) is 19.6 Å². The molecule has 0 amide bonds. The summed E-state index contributed by atoms with van der Waals surface area (Å²) in [6.07, 6.45) is 14.0. The fraction of sp³-hybridized carbons (Fsp3) is 1.00. The van der Waals surface area contributed by atoms with Gasteiger partial charge in [0.25, 0.3) is 0 Å². The molecule has 1 aliphatic heterocycles. The Kier molecular flexibility index (Phi) is 9.59. The maximum atomic E-state index is 3.78. The summed E-state index contributed by atoms with van der Waals surface area (Å²) in [7, 11) is 0. The molecule has 0 bridgehead atoms. The predicted molar refractivity (Wildman–Crippen MR) is 95.0 cm³/mol. The average Bonchev–Trinajstić information content (AvgIpc) is 2.50. The fourth-order valence-electron chi connectivity index (χ4n) is 3.77. The molecule has 0 spiro atoms. The highest BCUT2D eigenvalue weighted by molar-refractivity contribution is 4.94. The third kappa shape index (κ3) is 6.69. The number of hydrogen-bond acceptors (Lipinski definition) is 2. The van der Waals surface area contributed by atoms with Crippen LogP contribution in [0.15, 0.2) is 0 Å². The van der Waals surface area contributed by atoms with Crippen molar-refractivity contribution in [3.8, 4) is 0 Å². The Morgan fingerprint density at radius 2 is 1.52 bits per heavy atom. The van der Waals surface area contributed by atoms with E-state index in [9.17, 15) is 0 Å². The highest BCUT2D eigenvalue weighted by Gasteiger charge is 2.34. The van der Waals surface area contributed by atoms with Crippen molar-refractivity contribution in [1.29, 1.82) is 0 Å². The summed E-state index contributed by atoms with van der Waals surface area (Å²) in [5.74, 6) is 0. The van der Waals surface area contributed by atoms with Crippen LogP contribution in [-0.4, -0.2) is 36.1 Å². The van der Waals surface area contributed by atoms with Gasteiger partial charge in [-0.1, -0.05) is 58.8 Å². The summed E-state index contributed by atoms with van der Waals surface area (Å²) in [4.78, 5) is 2.74. The van der Waals surface area contributed by atoms with E-state index in [1.165, 1.54) is 77.3 Å². The monoisotopic (exact) mass is 296 g/mol. The van der Waals surface area contributed by atoms with Crippen LogP contribution in [0.3, 0.4) is 0 Å². The van der Waals surface area contributed by atoms with Crippen molar-refractivity contribution in [2.24, 2.45) is 0 Å². The van der Waals surface area contributed by atoms with Crippen molar-refractivity contribution >= 4 is 0 Å². The van der Waals surface area contributed by atoms with Crippen molar-refractivity contribution in [2.45, 2.75) is 103 Å². The van der Waals surface area contributed by atoms with E-state index in [4.69, 9.17) is 0 Å². The van der Waals surface area contributed by atoms with E-state index in [1.807, 2.05) is 0 Å². The Bertz CT molecular complexity index is 244. The van der Waals surface area contributed by atoms with Gasteiger partial charge in [0.05, 0.1) is 0 Å². The topological polar surface area (TPSA) is 15.3 Å². The molecular weight excluding hydrogens is 256 g/mol. The van der Waals surface area contributed by atoms with Gasteiger partial charge in [0, 0.05) is 11.6 Å². The largest absolute Gasteiger partial charge is 0.312 e. The van der Waals surface area contributed by atoms with Gasteiger partial charge in [0.15, 0.2) is 0 Å². The number of nitrogens with one attached hydrogen (secondary N) is 1. The number of unbranched alkanes of at least 4 members (excludes halogenated alkanes) is 5. The van der Waals surface area contributed by atoms with Crippen LogP contribution >= 0.6 is 0 Å². The van der Waals surface area contributed by atoms with E-state index in [0.717, 1.165) is 6.54 Å². The van der Waals surface area contributed by atoms with Crippen molar-refractivity contribution < 1.29 is 0 Å². The Balaban J connectivity index is 2.38. The Morgan fingerprint density at radius 3 is 2.14 bits per heavy atom. The van der Waals surface area contributed by atoms with Gasteiger partial charge in [-0.2, -0.15) is 0 Å². The van der Waals surface area contributed by atoms with Gasteiger partial charge in [0.2, 0.25) is 0 Å². The van der Waals surface area contributed by atoms with Crippen LogP contribution in [0.1, 0.15) is 91.9 Å². The van der Waals surface area contributed by atoms with Crippen LogP contribution in [0.5, 0.6) is 0 Å². The maximum Gasteiger partial charge on any atom is 0.0306 e. The summed E-state index contributed by atoms with van der Waals surface area (Å²) in [5.41, 5.74) is 0.305. The normalized spacial score (nSPS) is 18.9. The molecule has 1 unspecified atom stereocenters. The van der Waals surface area contributed by atoms with E-state index < -0.39 is 0 Å². The Labute approximate surface area is 134 Å². The summed E-state index contributed by atoms with van der Waals surface area (Å²) in [6.45, 7) is 13.2. The molecule has 0 aliphatic carbocycles. The number of likely N-dealkylation sites (tertiary alicyclic amines) is 1. The Hall–Kier alpha value is -0.0800. The van der Waals surface area contributed by atoms with E-state index in [-0.39, 0.29) is 0 Å². The van der Waals surface area contributed by atoms with E-state index in [2.05, 4.69) is 37.9 Å². The standard InChI is InChI=1S/C19H40N2/c1-5-7-8-9-10-12-15-18(20-6-2)19(3,4)21-16-13-11-14-17-21/h18,20H,5-17H2,1-4H3. The van der Waals surface area contributed by atoms with Crippen molar-refractivity contribution in [1.82, 2.24) is 10.2 Å². The SMILES string of the molecule is CCCCCCCCC(NCC)C(C)(C)N1CCCCC1. The van der Waals surface area contributed by atoms with Crippen LogP contribution in [0, 0.1) is 0 Å². The van der Waals surface area contributed by atoms with Crippen LogP contribution in [0.25, 0.3) is 0 Å². The molecule has 1 rings (SSSR count). The molecule has 2 heteroatoms. The van der Waals surface area contributed by atoms with Crippen LogP contribution in [-0.2, 0) is 0 Å². The lowest BCUT2D eigenvalue weighted by Crippen LogP contribution is -2.58. The number of piperidine rings is 1. The molecule has 1 heterocycles. The maximum absolute atomic E-state index is 3.78. The quantitative estimate of drug-likeness (QED) is 0.541. The minimum absolute atomic E-state index is 0.305. The lowest BCUT2D eigenvalue weighted by molar-refractivity contribution is 0.0578. The van der Waals surface area contributed by atoms with Crippen molar-refractivity contribution in [3.63, 3.8) is 0 Å². The third-order valence-corrected chi connectivity index (χ3v) is 5.32. The summed E-state index contributed by atoms with van der Waals surface area (Å²) < 4.78 is 0. The van der Waals surface area contributed by atoms with Gasteiger partial charge in [-0.25, -0.2) is 0 Å². The predicted octanol–water partition coefficient (Wildman–Crippen LogP) is 4.98. The zero-order chi connectivity index (χ0) is 15.6. The molecule has 126 valence electrons. The highest BCUT2D eigenvalue weighted by Crippen LogP contribution is 2.26. The summed E-state index contributed by atoms with van der Waals surface area (Å²) >= 11 is 0. The van der Waals surface area contributed by atoms with Crippen LogP contribution in [0.2, 0.25) is 0 Å². The molecule has 1 saturated heterocycles. The molecule has 1 fully saturated rings. The molecule has 21 heavy (non-hydrogen) atoms. The molecule has 1 aliphatic rings. The van der Waals surface area contributed by atoms with Crippen molar-refractivity contribution in [3.05, 3.63) is 0 Å². The van der Waals surface area contributed by atoms with Gasteiger partial charge in [-0.15, -0.1) is 0 Å². The van der Waals surface area contributed by atoms with Crippen LogP contribution in [0.4, 0.5) is 0 Å². The molecular formula is C19H40N2. The molecule has 1 N–H and O–H groups in total. The first-order valence-electron chi connectivity index (χ1n) is 9.61. The number of hydrogen-bond donors (Lipinski definition) is 1. The zero-order valence-corrected chi connectivity index (χ0v) is 15.2. The second-order valence-electron chi connectivity index (χ2n) is 7.37. The van der Waals surface area contributed by atoms with Gasteiger partial charge < -0.3 is 5.32 Å². The lowest BCUT2D eigenvalue weighted by Gasteiger charge is -2.46. The summed E-state index contributed by atoms with van der Waals surface area (Å²) in [5, 5.41) is 3.78.